The van der Waals surface area contributed by atoms with E-state index < -0.39 is 64.4 Å². The van der Waals surface area contributed by atoms with Crippen molar-refractivity contribution in [1.29, 1.82) is 0 Å². The standard InChI is InChI=1S/C15H6F8N2O3/c16-5-1-8(19)12(9(20)2-5)13(26)25-14(27)24-10-3-7(18)11(4-6(10)17)28-15(21,22)23/h1-4H,(H2,24,25,26,27). The molecule has 28 heavy (non-hydrogen) atoms. The van der Waals surface area contributed by atoms with E-state index in [2.05, 4.69) is 4.74 Å². The zero-order chi connectivity index (χ0) is 21.2. The second-order valence-electron chi connectivity index (χ2n) is 4.96. The number of urea groups is 1. The number of anilines is 1. The van der Waals surface area contributed by atoms with E-state index in [-0.39, 0.29) is 24.3 Å². The van der Waals surface area contributed by atoms with Crippen molar-refractivity contribution in [2.45, 2.75) is 6.36 Å². The normalized spacial score (nSPS) is 11.1. The molecular formula is C15H6F8N2O3. The summed E-state index contributed by atoms with van der Waals surface area (Å²) in [6, 6.07) is -1.22. The van der Waals surface area contributed by atoms with Crippen molar-refractivity contribution in [2.75, 3.05) is 5.32 Å². The van der Waals surface area contributed by atoms with E-state index in [0.717, 1.165) is 0 Å². The third kappa shape index (κ3) is 5.08. The summed E-state index contributed by atoms with van der Waals surface area (Å²) in [5.41, 5.74) is -2.35. The first-order valence-electron chi connectivity index (χ1n) is 6.89. The Bertz CT molecular complexity index is 923. The van der Waals surface area contributed by atoms with Crippen LogP contribution >= 0.6 is 0 Å². The molecule has 3 amide bonds. The molecule has 2 rings (SSSR count). The van der Waals surface area contributed by atoms with Crippen LogP contribution in [0.2, 0.25) is 0 Å². The van der Waals surface area contributed by atoms with Crippen molar-refractivity contribution in [1.82, 2.24) is 5.32 Å². The number of rotatable bonds is 3. The van der Waals surface area contributed by atoms with Gasteiger partial charge in [-0.15, -0.1) is 13.2 Å². The molecule has 0 bridgehead atoms. The summed E-state index contributed by atoms with van der Waals surface area (Å²) in [5.74, 6) is -11.1. The molecule has 2 aromatic carbocycles. The van der Waals surface area contributed by atoms with Gasteiger partial charge in [0, 0.05) is 24.3 Å². The number of hydrogen-bond donors (Lipinski definition) is 2. The Kier molecular flexibility index (Phi) is 5.75. The maximum Gasteiger partial charge on any atom is 0.573 e. The first kappa shape index (κ1) is 20.9. The number of ether oxygens (including phenoxy) is 1. The largest absolute Gasteiger partial charge is 0.573 e. The number of carbonyl (C=O) groups is 2. The van der Waals surface area contributed by atoms with Crippen LogP contribution in [-0.4, -0.2) is 18.3 Å². The molecule has 0 radical (unpaired) electrons. The van der Waals surface area contributed by atoms with Crippen LogP contribution in [0.4, 0.5) is 45.6 Å². The van der Waals surface area contributed by atoms with Crippen LogP contribution in [0.25, 0.3) is 0 Å². The Morgan fingerprint density at radius 1 is 0.821 bits per heavy atom. The molecular weight excluding hydrogens is 408 g/mol. The molecule has 0 aliphatic rings. The summed E-state index contributed by atoms with van der Waals surface area (Å²) < 4.78 is 106. The lowest BCUT2D eigenvalue weighted by Crippen LogP contribution is -2.35. The summed E-state index contributed by atoms with van der Waals surface area (Å²) >= 11 is 0. The van der Waals surface area contributed by atoms with Crippen molar-refractivity contribution < 1.29 is 49.4 Å². The van der Waals surface area contributed by atoms with E-state index in [1.165, 1.54) is 5.32 Å². The summed E-state index contributed by atoms with van der Waals surface area (Å²) in [5, 5.41) is 2.90. The Morgan fingerprint density at radius 3 is 1.93 bits per heavy atom. The van der Waals surface area contributed by atoms with Crippen molar-refractivity contribution in [3.63, 3.8) is 0 Å². The van der Waals surface area contributed by atoms with Gasteiger partial charge in [-0.05, 0) is 0 Å². The van der Waals surface area contributed by atoms with Crippen molar-refractivity contribution in [3.05, 3.63) is 58.9 Å². The SMILES string of the molecule is O=C(NC(=O)c1c(F)cc(F)cc1F)Nc1cc(F)c(OC(F)(F)F)cc1F. The van der Waals surface area contributed by atoms with Crippen LogP contribution in [0.1, 0.15) is 10.4 Å². The van der Waals surface area contributed by atoms with E-state index in [9.17, 15) is 44.7 Å². The van der Waals surface area contributed by atoms with Crippen LogP contribution in [-0.2, 0) is 0 Å². The van der Waals surface area contributed by atoms with Crippen LogP contribution in [0.3, 0.4) is 0 Å². The van der Waals surface area contributed by atoms with Crippen molar-refractivity contribution >= 4 is 17.6 Å². The topological polar surface area (TPSA) is 67.4 Å². The lowest BCUT2D eigenvalue weighted by molar-refractivity contribution is -0.275. The minimum absolute atomic E-state index is 0.0282. The van der Waals surface area contributed by atoms with Gasteiger partial charge in [-0.2, -0.15) is 0 Å². The second kappa shape index (κ2) is 7.70. The van der Waals surface area contributed by atoms with Crippen molar-refractivity contribution in [2.24, 2.45) is 0 Å². The summed E-state index contributed by atoms with van der Waals surface area (Å²) in [6.45, 7) is 0. The molecule has 0 aromatic heterocycles. The predicted octanol–water partition coefficient (Wildman–Crippen LogP) is 4.24. The van der Waals surface area contributed by atoms with Crippen LogP contribution < -0.4 is 15.4 Å². The van der Waals surface area contributed by atoms with Gasteiger partial charge in [-0.3, -0.25) is 10.1 Å². The second-order valence-corrected chi connectivity index (χ2v) is 4.96. The first-order chi connectivity index (χ1) is 12.9. The molecule has 0 saturated carbocycles. The molecule has 150 valence electrons. The van der Waals surface area contributed by atoms with Crippen LogP contribution in [0, 0.1) is 29.1 Å². The lowest BCUT2D eigenvalue weighted by Gasteiger charge is -2.12. The third-order valence-electron chi connectivity index (χ3n) is 2.96. The van der Waals surface area contributed by atoms with Crippen molar-refractivity contribution in [3.8, 4) is 5.75 Å². The molecule has 2 aromatic rings. The molecule has 5 nitrogen and oxygen atoms in total. The number of imide groups is 1. The number of halogens is 8. The Morgan fingerprint density at radius 2 is 1.39 bits per heavy atom. The smallest absolute Gasteiger partial charge is 0.403 e. The Balaban J connectivity index is 2.15. The van der Waals surface area contributed by atoms with Crippen LogP contribution in [0.15, 0.2) is 24.3 Å². The molecule has 0 fully saturated rings. The zero-order valence-electron chi connectivity index (χ0n) is 13.1. The van der Waals surface area contributed by atoms with Gasteiger partial charge in [0.15, 0.2) is 17.4 Å². The quantitative estimate of drug-likeness (QED) is 0.739. The molecule has 0 aliphatic heterocycles. The number of benzene rings is 2. The molecule has 0 saturated heterocycles. The van der Waals surface area contributed by atoms with Crippen LogP contribution in [0.5, 0.6) is 5.75 Å². The van der Waals surface area contributed by atoms with E-state index in [1.807, 2.05) is 0 Å². The number of hydrogen-bond acceptors (Lipinski definition) is 3. The highest BCUT2D eigenvalue weighted by Gasteiger charge is 2.33. The monoisotopic (exact) mass is 414 g/mol. The van der Waals surface area contributed by atoms with Gasteiger partial charge in [0.25, 0.3) is 5.91 Å². The fraction of sp³-hybridized carbons (Fsp3) is 0.0667. The molecule has 0 aliphatic carbocycles. The summed E-state index contributed by atoms with van der Waals surface area (Å²) in [6.07, 6.45) is -5.31. The average Bonchev–Trinajstić information content (AvgIpc) is 2.49. The Hall–Kier alpha value is -3.38. The van der Waals surface area contributed by atoms with E-state index in [0.29, 0.717) is 0 Å². The number of nitrogens with one attached hydrogen (secondary N) is 2. The average molecular weight is 414 g/mol. The molecule has 2 N–H and O–H groups in total. The minimum atomic E-state index is -5.31. The molecule has 0 atom stereocenters. The van der Waals surface area contributed by atoms with Gasteiger partial charge in [0.05, 0.1) is 5.69 Å². The molecule has 0 heterocycles. The first-order valence-corrected chi connectivity index (χ1v) is 6.89. The van der Waals surface area contributed by atoms with Gasteiger partial charge in [-0.25, -0.2) is 26.7 Å². The summed E-state index contributed by atoms with van der Waals surface area (Å²) in [4.78, 5) is 23.3. The number of amides is 3. The number of carbonyl (C=O) groups excluding carboxylic acids is 2. The Labute approximate surface area is 149 Å². The molecule has 0 spiro atoms. The third-order valence-corrected chi connectivity index (χ3v) is 2.96. The van der Waals surface area contributed by atoms with E-state index in [1.54, 1.807) is 5.32 Å². The highest BCUT2D eigenvalue weighted by molar-refractivity contribution is 6.08. The fourth-order valence-electron chi connectivity index (χ4n) is 1.91. The zero-order valence-corrected chi connectivity index (χ0v) is 13.1. The van der Waals surface area contributed by atoms with Gasteiger partial charge in [-0.1, -0.05) is 0 Å². The fourth-order valence-corrected chi connectivity index (χ4v) is 1.91. The molecule has 13 heteroatoms. The molecule has 0 unspecified atom stereocenters. The number of alkyl halides is 3. The maximum atomic E-state index is 13.7. The lowest BCUT2D eigenvalue weighted by atomic mass is 10.2. The van der Waals surface area contributed by atoms with Gasteiger partial charge in [0.1, 0.15) is 23.0 Å². The van der Waals surface area contributed by atoms with E-state index in [4.69, 9.17) is 0 Å². The van der Waals surface area contributed by atoms with Gasteiger partial charge in [0.2, 0.25) is 0 Å². The van der Waals surface area contributed by atoms with E-state index >= 15 is 0 Å². The minimum Gasteiger partial charge on any atom is -0.403 e. The summed E-state index contributed by atoms with van der Waals surface area (Å²) in [7, 11) is 0. The predicted molar refractivity (Wildman–Crippen MR) is 75.8 cm³/mol. The maximum absolute atomic E-state index is 13.7. The van der Waals surface area contributed by atoms with Gasteiger partial charge < -0.3 is 10.1 Å². The highest BCUT2D eigenvalue weighted by Crippen LogP contribution is 2.29. The highest BCUT2D eigenvalue weighted by atomic mass is 19.4. The van der Waals surface area contributed by atoms with Gasteiger partial charge >= 0.3 is 12.4 Å².